The summed E-state index contributed by atoms with van der Waals surface area (Å²) in [5, 5.41) is 20.3. The van der Waals surface area contributed by atoms with Gasteiger partial charge in [0, 0.05) is 5.39 Å². The SMILES string of the molecule is COc1ccc2ccc(O)c(O)c2c1. The second kappa shape index (κ2) is 3.10. The summed E-state index contributed by atoms with van der Waals surface area (Å²) in [6.07, 6.45) is 0. The summed E-state index contributed by atoms with van der Waals surface area (Å²) in [6, 6.07) is 8.52. The fraction of sp³-hybridized carbons (Fsp3) is 0.0909. The zero-order chi connectivity index (χ0) is 10.1. The average Bonchev–Trinajstić information content (AvgIpc) is 2.23. The monoisotopic (exact) mass is 190 g/mol. The van der Waals surface area contributed by atoms with E-state index in [1.54, 1.807) is 25.3 Å². The molecule has 14 heavy (non-hydrogen) atoms. The van der Waals surface area contributed by atoms with E-state index in [1.807, 2.05) is 6.07 Å². The predicted octanol–water partition coefficient (Wildman–Crippen LogP) is 2.26. The molecule has 0 aliphatic carbocycles. The second-order valence-electron chi connectivity index (χ2n) is 3.02. The first-order chi connectivity index (χ1) is 6.72. The Bertz CT molecular complexity index is 477. The van der Waals surface area contributed by atoms with Crippen LogP contribution in [0.5, 0.6) is 17.2 Å². The maximum absolute atomic E-state index is 9.57. The maximum Gasteiger partial charge on any atom is 0.165 e. The van der Waals surface area contributed by atoms with Gasteiger partial charge in [-0.3, -0.25) is 0 Å². The molecule has 0 spiro atoms. The fourth-order valence-corrected chi connectivity index (χ4v) is 1.40. The van der Waals surface area contributed by atoms with E-state index in [0.29, 0.717) is 11.1 Å². The van der Waals surface area contributed by atoms with Crippen LogP contribution < -0.4 is 4.74 Å². The standard InChI is InChI=1S/C11H10O3/c1-14-8-4-2-7-3-5-10(12)11(13)9(7)6-8/h2-6,12-13H,1H3. The molecule has 3 nitrogen and oxygen atoms in total. The highest BCUT2D eigenvalue weighted by Crippen LogP contribution is 2.35. The molecule has 0 saturated heterocycles. The molecule has 0 aliphatic heterocycles. The molecule has 2 N–H and O–H groups in total. The Labute approximate surface area is 81.2 Å². The normalized spacial score (nSPS) is 10.4. The average molecular weight is 190 g/mol. The van der Waals surface area contributed by atoms with Crippen LogP contribution in [0.3, 0.4) is 0 Å². The zero-order valence-corrected chi connectivity index (χ0v) is 7.69. The van der Waals surface area contributed by atoms with E-state index in [0.717, 1.165) is 5.39 Å². The largest absolute Gasteiger partial charge is 0.504 e. The van der Waals surface area contributed by atoms with Crippen LogP contribution in [0.15, 0.2) is 30.3 Å². The molecule has 0 radical (unpaired) electrons. The van der Waals surface area contributed by atoms with Crippen LogP contribution in [0.4, 0.5) is 0 Å². The van der Waals surface area contributed by atoms with Crippen molar-refractivity contribution in [3.63, 3.8) is 0 Å². The van der Waals surface area contributed by atoms with Gasteiger partial charge in [0.2, 0.25) is 0 Å². The summed E-state index contributed by atoms with van der Waals surface area (Å²) < 4.78 is 5.02. The van der Waals surface area contributed by atoms with E-state index in [2.05, 4.69) is 0 Å². The molecule has 2 rings (SSSR count). The smallest absolute Gasteiger partial charge is 0.165 e. The maximum atomic E-state index is 9.57. The first-order valence-corrected chi connectivity index (χ1v) is 4.21. The third-order valence-electron chi connectivity index (χ3n) is 2.18. The number of aromatic hydroxyl groups is 2. The summed E-state index contributed by atoms with van der Waals surface area (Å²) >= 11 is 0. The van der Waals surface area contributed by atoms with Crippen LogP contribution in [0.25, 0.3) is 10.8 Å². The van der Waals surface area contributed by atoms with E-state index in [4.69, 9.17) is 4.74 Å². The van der Waals surface area contributed by atoms with Gasteiger partial charge in [-0.05, 0) is 23.6 Å². The Morgan fingerprint density at radius 1 is 1.07 bits per heavy atom. The Balaban J connectivity index is 2.78. The van der Waals surface area contributed by atoms with Gasteiger partial charge in [-0.2, -0.15) is 0 Å². The lowest BCUT2D eigenvalue weighted by atomic mass is 10.1. The summed E-state index contributed by atoms with van der Waals surface area (Å²) in [6.45, 7) is 0. The molecule has 0 amide bonds. The van der Waals surface area contributed by atoms with Crippen LogP contribution in [0, 0.1) is 0 Å². The lowest BCUT2D eigenvalue weighted by Gasteiger charge is -2.05. The van der Waals surface area contributed by atoms with Gasteiger partial charge in [0.15, 0.2) is 11.5 Å². The number of rotatable bonds is 1. The summed E-state index contributed by atoms with van der Waals surface area (Å²) in [5.41, 5.74) is 0. The van der Waals surface area contributed by atoms with E-state index in [9.17, 15) is 10.2 Å². The summed E-state index contributed by atoms with van der Waals surface area (Å²) in [4.78, 5) is 0. The molecule has 0 atom stereocenters. The van der Waals surface area contributed by atoms with Gasteiger partial charge in [0.25, 0.3) is 0 Å². The highest BCUT2D eigenvalue weighted by Gasteiger charge is 2.05. The van der Waals surface area contributed by atoms with Gasteiger partial charge >= 0.3 is 0 Å². The van der Waals surface area contributed by atoms with E-state index >= 15 is 0 Å². The Kier molecular flexibility index (Phi) is 1.93. The lowest BCUT2D eigenvalue weighted by molar-refractivity contribution is 0.406. The highest BCUT2D eigenvalue weighted by molar-refractivity contribution is 5.91. The van der Waals surface area contributed by atoms with Gasteiger partial charge in [0.05, 0.1) is 7.11 Å². The zero-order valence-electron chi connectivity index (χ0n) is 7.69. The first-order valence-electron chi connectivity index (χ1n) is 4.21. The minimum atomic E-state index is -0.120. The quantitative estimate of drug-likeness (QED) is 0.678. The number of benzene rings is 2. The number of fused-ring (bicyclic) bond motifs is 1. The molecule has 0 aromatic heterocycles. The minimum Gasteiger partial charge on any atom is -0.504 e. The van der Waals surface area contributed by atoms with Crippen molar-refractivity contribution in [1.82, 2.24) is 0 Å². The molecule has 0 bridgehead atoms. The molecule has 0 heterocycles. The van der Waals surface area contributed by atoms with Crippen molar-refractivity contribution in [3.05, 3.63) is 30.3 Å². The van der Waals surface area contributed by atoms with Gasteiger partial charge in [-0.1, -0.05) is 12.1 Å². The van der Waals surface area contributed by atoms with Crippen molar-refractivity contribution < 1.29 is 14.9 Å². The third-order valence-corrected chi connectivity index (χ3v) is 2.18. The first kappa shape index (κ1) is 8.69. The van der Waals surface area contributed by atoms with Crippen molar-refractivity contribution >= 4 is 10.8 Å². The van der Waals surface area contributed by atoms with Gasteiger partial charge in [-0.25, -0.2) is 0 Å². The Morgan fingerprint density at radius 2 is 1.79 bits per heavy atom. The topological polar surface area (TPSA) is 49.7 Å². The number of ether oxygens (including phenoxy) is 1. The Hall–Kier alpha value is -1.90. The molecule has 2 aromatic carbocycles. The van der Waals surface area contributed by atoms with Crippen molar-refractivity contribution in [2.75, 3.05) is 7.11 Å². The fourth-order valence-electron chi connectivity index (χ4n) is 1.40. The van der Waals surface area contributed by atoms with Gasteiger partial charge in [0.1, 0.15) is 5.75 Å². The molecule has 0 saturated carbocycles. The number of hydrogen-bond donors (Lipinski definition) is 2. The summed E-state index contributed by atoms with van der Waals surface area (Å²) in [7, 11) is 1.56. The lowest BCUT2D eigenvalue weighted by Crippen LogP contribution is -1.82. The van der Waals surface area contributed by atoms with Crippen molar-refractivity contribution in [2.45, 2.75) is 0 Å². The predicted molar refractivity (Wildman–Crippen MR) is 53.8 cm³/mol. The molecule has 3 heteroatoms. The van der Waals surface area contributed by atoms with Gasteiger partial charge in [-0.15, -0.1) is 0 Å². The van der Waals surface area contributed by atoms with Crippen LogP contribution in [0.2, 0.25) is 0 Å². The molecule has 0 fully saturated rings. The number of methoxy groups -OCH3 is 1. The molecule has 0 aliphatic rings. The van der Waals surface area contributed by atoms with E-state index < -0.39 is 0 Å². The Morgan fingerprint density at radius 3 is 2.50 bits per heavy atom. The number of phenolic OH excluding ortho intramolecular Hbond substituents is 2. The van der Waals surface area contributed by atoms with Crippen molar-refractivity contribution in [1.29, 1.82) is 0 Å². The molecule has 2 aromatic rings. The molecular formula is C11H10O3. The minimum absolute atomic E-state index is 0.110. The van der Waals surface area contributed by atoms with Crippen LogP contribution >= 0.6 is 0 Å². The molecule has 72 valence electrons. The van der Waals surface area contributed by atoms with Crippen LogP contribution in [0.1, 0.15) is 0 Å². The number of hydrogen-bond acceptors (Lipinski definition) is 3. The van der Waals surface area contributed by atoms with E-state index in [1.165, 1.54) is 6.07 Å². The van der Waals surface area contributed by atoms with Crippen molar-refractivity contribution in [2.24, 2.45) is 0 Å². The van der Waals surface area contributed by atoms with Crippen molar-refractivity contribution in [3.8, 4) is 17.2 Å². The molecule has 0 unspecified atom stereocenters. The second-order valence-corrected chi connectivity index (χ2v) is 3.02. The van der Waals surface area contributed by atoms with Crippen LogP contribution in [-0.4, -0.2) is 17.3 Å². The van der Waals surface area contributed by atoms with E-state index in [-0.39, 0.29) is 11.5 Å². The van der Waals surface area contributed by atoms with Gasteiger partial charge < -0.3 is 14.9 Å². The van der Waals surface area contributed by atoms with Crippen LogP contribution in [-0.2, 0) is 0 Å². The third kappa shape index (κ3) is 1.23. The summed E-state index contributed by atoms with van der Waals surface area (Å²) in [5.74, 6) is 0.422. The number of phenols is 2. The molecular weight excluding hydrogens is 180 g/mol. The highest BCUT2D eigenvalue weighted by atomic mass is 16.5.